The van der Waals surface area contributed by atoms with E-state index >= 15 is 0 Å². The fraction of sp³-hybridized carbons (Fsp3) is 0.333. The number of hydrogen-bond acceptors (Lipinski definition) is 5. The quantitative estimate of drug-likeness (QED) is 0.410. The zero-order valence-corrected chi connectivity index (χ0v) is 22.0. The number of anilines is 1. The van der Waals surface area contributed by atoms with Crippen LogP contribution in [0.15, 0.2) is 47.4 Å². The smallest absolute Gasteiger partial charge is 0.310 e. The Balaban J connectivity index is 1.80. The van der Waals surface area contributed by atoms with Crippen molar-refractivity contribution >= 4 is 44.9 Å². The highest BCUT2D eigenvalue weighted by Crippen LogP contribution is 2.27. The van der Waals surface area contributed by atoms with E-state index in [9.17, 15) is 13.2 Å². The number of aromatic nitrogens is 2. The Kier molecular flexibility index (Phi) is 7.65. The third-order valence-corrected chi connectivity index (χ3v) is 7.06. The molecule has 0 spiro atoms. The lowest BCUT2D eigenvalue weighted by molar-refractivity contribution is -0.153. The molecule has 10 heteroatoms. The summed E-state index contributed by atoms with van der Waals surface area (Å²) in [6, 6.07) is 11.3. The molecule has 7 nitrogen and oxygen atoms in total. The van der Waals surface area contributed by atoms with Gasteiger partial charge in [-0.2, -0.15) is 5.10 Å². The molecule has 0 amide bonds. The maximum atomic E-state index is 12.8. The number of aryl methyl sites for hydroxylation is 1. The van der Waals surface area contributed by atoms with E-state index in [0.717, 1.165) is 22.5 Å². The molecule has 0 fully saturated rings. The van der Waals surface area contributed by atoms with E-state index < -0.39 is 15.6 Å². The van der Waals surface area contributed by atoms with E-state index in [1.54, 1.807) is 22.9 Å². The Labute approximate surface area is 210 Å². The summed E-state index contributed by atoms with van der Waals surface area (Å²) in [6.07, 6.45) is 0.134. The van der Waals surface area contributed by atoms with Crippen LogP contribution in [0.4, 0.5) is 5.69 Å². The van der Waals surface area contributed by atoms with Crippen LogP contribution in [-0.4, -0.2) is 29.8 Å². The minimum absolute atomic E-state index is 0.0770. The Morgan fingerprint density at radius 3 is 2.50 bits per heavy atom. The number of rotatable bonds is 7. The largest absolute Gasteiger partial charge is 0.460 e. The average molecular weight is 524 g/mol. The second-order valence-electron chi connectivity index (χ2n) is 8.95. The number of nitrogens with one attached hydrogen (secondary N) is 1. The van der Waals surface area contributed by atoms with E-state index in [4.69, 9.17) is 27.9 Å². The van der Waals surface area contributed by atoms with Crippen LogP contribution in [0.2, 0.25) is 10.0 Å². The summed E-state index contributed by atoms with van der Waals surface area (Å²) in [5, 5.41) is 4.91. The molecule has 34 heavy (non-hydrogen) atoms. The lowest BCUT2D eigenvalue weighted by atomic mass is 10.1. The molecule has 3 rings (SSSR count). The molecule has 0 saturated carbocycles. The first-order chi connectivity index (χ1) is 15.7. The Bertz CT molecular complexity index is 1330. The normalized spacial score (nSPS) is 12.0. The Morgan fingerprint density at radius 1 is 1.12 bits per heavy atom. The highest BCUT2D eigenvalue weighted by Gasteiger charge is 2.21. The predicted molar refractivity (Wildman–Crippen MR) is 134 cm³/mol. The topological polar surface area (TPSA) is 90.3 Å². The molecule has 2 aromatic carbocycles. The molecule has 0 radical (unpaired) electrons. The van der Waals surface area contributed by atoms with Gasteiger partial charge in [0.05, 0.1) is 23.7 Å². The third-order valence-electron chi connectivity index (χ3n) is 4.97. The third kappa shape index (κ3) is 6.52. The Hall–Kier alpha value is -2.55. The number of hydrogen-bond donors (Lipinski definition) is 1. The zero-order chi connectivity index (χ0) is 25.3. The second-order valence-corrected chi connectivity index (χ2v) is 11.4. The molecule has 0 bridgehead atoms. The minimum Gasteiger partial charge on any atom is -0.460 e. The number of sulfonamides is 1. The fourth-order valence-corrected chi connectivity index (χ4v) is 5.28. The zero-order valence-electron chi connectivity index (χ0n) is 19.6. The second kappa shape index (κ2) is 9.98. The van der Waals surface area contributed by atoms with Gasteiger partial charge in [0.1, 0.15) is 10.5 Å². The molecule has 0 atom stereocenters. The standard InChI is InChI=1S/C24H27Cl2N3O4S/c1-15-20(13-23(30)33-24(3,4)5)16(2)29(27-15)14-17-7-6-8-19(11-17)28-34(31,32)22-12-18(25)9-10-21(22)26/h6-12,28H,13-14H2,1-5H3. The van der Waals surface area contributed by atoms with Crippen LogP contribution >= 0.6 is 23.2 Å². The number of esters is 1. The molecule has 0 saturated heterocycles. The maximum Gasteiger partial charge on any atom is 0.310 e. The van der Waals surface area contributed by atoms with Gasteiger partial charge in [0.15, 0.2) is 0 Å². The van der Waals surface area contributed by atoms with Crippen molar-refractivity contribution < 1.29 is 17.9 Å². The fourth-order valence-electron chi connectivity index (χ4n) is 3.47. The van der Waals surface area contributed by atoms with Crippen molar-refractivity contribution in [2.45, 2.75) is 58.1 Å². The average Bonchev–Trinajstić information content (AvgIpc) is 2.95. The summed E-state index contributed by atoms with van der Waals surface area (Å²) in [6.45, 7) is 9.63. The molecule has 0 aliphatic carbocycles. The van der Waals surface area contributed by atoms with Gasteiger partial charge >= 0.3 is 5.97 Å². The number of carbonyl (C=O) groups excluding carboxylic acids is 1. The molecule has 0 aliphatic heterocycles. The molecule has 1 aromatic heterocycles. The first-order valence-electron chi connectivity index (χ1n) is 10.6. The van der Waals surface area contributed by atoms with Crippen LogP contribution in [0, 0.1) is 13.8 Å². The summed E-state index contributed by atoms with van der Waals surface area (Å²) in [4.78, 5) is 12.2. The van der Waals surface area contributed by atoms with Gasteiger partial charge < -0.3 is 4.74 Å². The monoisotopic (exact) mass is 523 g/mol. The minimum atomic E-state index is -3.94. The van der Waals surface area contributed by atoms with Crippen LogP contribution in [0.5, 0.6) is 0 Å². The summed E-state index contributed by atoms with van der Waals surface area (Å²) >= 11 is 12.0. The number of ether oxygens (including phenoxy) is 1. The summed E-state index contributed by atoms with van der Waals surface area (Å²) in [5.74, 6) is -0.311. The number of nitrogens with zero attached hydrogens (tertiary/aromatic N) is 2. The molecule has 182 valence electrons. The van der Waals surface area contributed by atoms with Crippen molar-refractivity contribution in [3.05, 3.63) is 75.0 Å². The van der Waals surface area contributed by atoms with Crippen molar-refractivity contribution in [2.24, 2.45) is 0 Å². The highest BCUT2D eigenvalue weighted by molar-refractivity contribution is 7.92. The molecule has 1 N–H and O–H groups in total. The van der Waals surface area contributed by atoms with E-state index in [1.165, 1.54) is 18.2 Å². The lowest BCUT2D eigenvalue weighted by Gasteiger charge is -2.19. The van der Waals surface area contributed by atoms with Gasteiger partial charge in [0.2, 0.25) is 0 Å². The van der Waals surface area contributed by atoms with Crippen molar-refractivity contribution in [3.63, 3.8) is 0 Å². The highest BCUT2D eigenvalue weighted by atomic mass is 35.5. The van der Waals surface area contributed by atoms with Crippen LogP contribution in [-0.2, 0) is 32.5 Å². The summed E-state index contributed by atoms with van der Waals surface area (Å²) in [7, 11) is -3.94. The van der Waals surface area contributed by atoms with E-state index in [0.29, 0.717) is 12.2 Å². The van der Waals surface area contributed by atoms with E-state index in [2.05, 4.69) is 9.82 Å². The van der Waals surface area contributed by atoms with Crippen molar-refractivity contribution in [2.75, 3.05) is 4.72 Å². The Morgan fingerprint density at radius 2 is 1.82 bits per heavy atom. The van der Waals surface area contributed by atoms with Gasteiger partial charge in [0, 0.05) is 22.0 Å². The maximum absolute atomic E-state index is 12.8. The first kappa shape index (κ1) is 26.1. The van der Waals surface area contributed by atoms with Gasteiger partial charge in [-0.1, -0.05) is 35.3 Å². The van der Waals surface area contributed by atoms with Crippen LogP contribution in [0.1, 0.15) is 43.3 Å². The van der Waals surface area contributed by atoms with Gasteiger partial charge in [0.25, 0.3) is 10.0 Å². The predicted octanol–water partition coefficient (Wildman–Crippen LogP) is 5.54. The van der Waals surface area contributed by atoms with Gasteiger partial charge in [-0.25, -0.2) is 8.42 Å². The van der Waals surface area contributed by atoms with Gasteiger partial charge in [-0.3, -0.25) is 14.2 Å². The SMILES string of the molecule is Cc1nn(Cc2cccc(NS(=O)(=O)c3cc(Cl)ccc3Cl)c2)c(C)c1CC(=O)OC(C)(C)C. The summed E-state index contributed by atoms with van der Waals surface area (Å²) in [5.41, 5.74) is 3.06. The van der Waals surface area contributed by atoms with E-state index in [1.807, 2.05) is 40.7 Å². The first-order valence-corrected chi connectivity index (χ1v) is 12.8. The molecule has 0 unspecified atom stereocenters. The number of halogens is 2. The van der Waals surface area contributed by atoms with Gasteiger partial charge in [-0.05, 0) is 70.5 Å². The molecule has 3 aromatic rings. The van der Waals surface area contributed by atoms with Crippen molar-refractivity contribution in [1.82, 2.24) is 9.78 Å². The van der Waals surface area contributed by atoms with Crippen LogP contribution in [0.25, 0.3) is 0 Å². The van der Waals surface area contributed by atoms with Crippen molar-refractivity contribution in [1.29, 1.82) is 0 Å². The molecule has 0 aliphatic rings. The van der Waals surface area contributed by atoms with Gasteiger partial charge in [-0.15, -0.1) is 0 Å². The van der Waals surface area contributed by atoms with Crippen molar-refractivity contribution in [3.8, 4) is 0 Å². The number of carbonyl (C=O) groups is 1. The van der Waals surface area contributed by atoms with Crippen LogP contribution in [0.3, 0.4) is 0 Å². The number of benzene rings is 2. The molecular weight excluding hydrogens is 497 g/mol. The molecular formula is C24H27Cl2N3O4S. The lowest BCUT2D eigenvalue weighted by Crippen LogP contribution is -2.25. The summed E-state index contributed by atoms with van der Waals surface area (Å²) < 4.78 is 35.4. The van der Waals surface area contributed by atoms with E-state index in [-0.39, 0.29) is 27.3 Å². The van der Waals surface area contributed by atoms with Crippen LogP contribution < -0.4 is 4.72 Å². The molecule has 1 heterocycles.